The van der Waals surface area contributed by atoms with Crippen molar-refractivity contribution in [1.82, 2.24) is 0 Å². The molecule has 2 N–H and O–H groups in total. The minimum atomic E-state index is -0.0960. The van der Waals surface area contributed by atoms with Crippen LogP contribution >= 0.6 is 0 Å². The molecule has 4 heteroatoms. The van der Waals surface area contributed by atoms with Crippen LogP contribution in [0.15, 0.2) is 61.2 Å². The van der Waals surface area contributed by atoms with Gasteiger partial charge in [0.05, 0.1) is 6.54 Å². The molecule has 4 nitrogen and oxygen atoms in total. The van der Waals surface area contributed by atoms with E-state index in [1.807, 2.05) is 55.5 Å². The Morgan fingerprint density at radius 1 is 1.18 bits per heavy atom. The summed E-state index contributed by atoms with van der Waals surface area (Å²) >= 11 is 0. The quantitative estimate of drug-likeness (QED) is 0.767. The second-order valence-corrected chi connectivity index (χ2v) is 4.90. The van der Waals surface area contributed by atoms with Gasteiger partial charge in [-0.25, -0.2) is 0 Å². The van der Waals surface area contributed by atoms with Gasteiger partial charge in [0.15, 0.2) is 0 Å². The molecule has 2 aromatic carbocycles. The Morgan fingerprint density at radius 3 is 2.64 bits per heavy atom. The lowest BCUT2D eigenvalue weighted by Gasteiger charge is -2.09. The number of anilines is 2. The largest absolute Gasteiger partial charge is 0.490 e. The van der Waals surface area contributed by atoms with E-state index in [1.165, 1.54) is 0 Å². The number of aryl methyl sites for hydroxylation is 1. The predicted molar refractivity (Wildman–Crippen MR) is 90.4 cm³/mol. The number of nitrogens with one attached hydrogen (secondary N) is 2. The third kappa shape index (κ3) is 4.98. The van der Waals surface area contributed by atoms with E-state index in [2.05, 4.69) is 17.2 Å². The van der Waals surface area contributed by atoms with Gasteiger partial charge in [-0.2, -0.15) is 0 Å². The lowest BCUT2D eigenvalue weighted by molar-refractivity contribution is -0.114. The summed E-state index contributed by atoms with van der Waals surface area (Å²) in [7, 11) is 0. The van der Waals surface area contributed by atoms with Crippen LogP contribution in [0.25, 0.3) is 0 Å². The normalized spacial score (nSPS) is 9.86. The molecule has 0 aliphatic heterocycles. The second kappa shape index (κ2) is 7.88. The lowest BCUT2D eigenvalue weighted by atomic mass is 10.2. The maximum atomic E-state index is 11.9. The van der Waals surface area contributed by atoms with Gasteiger partial charge in [0, 0.05) is 11.4 Å². The monoisotopic (exact) mass is 296 g/mol. The molecule has 0 fully saturated rings. The van der Waals surface area contributed by atoms with Gasteiger partial charge >= 0.3 is 0 Å². The molecule has 0 radical (unpaired) electrons. The number of benzene rings is 2. The summed E-state index contributed by atoms with van der Waals surface area (Å²) in [6.45, 7) is 6.29. The van der Waals surface area contributed by atoms with Gasteiger partial charge in [-0.3, -0.25) is 4.79 Å². The van der Waals surface area contributed by atoms with Crippen LogP contribution in [0.2, 0.25) is 0 Å². The van der Waals surface area contributed by atoms with Gasteiger partial charge in [0.1, 0.15) is 12.4 Å². The fourth-order valence-corrected chi connectivity index (χ4v) is 1.93. The first-order chi connectivity index (χ1) is 10.7. The van der Waals surface area contributed by atoms with E-state index in [0.29, 0.717) is 6.61 Å². The molecule has 0 saturated heterocycles. The maximum Gasteiger partial charge on any atom is 0.243 e. The van der Waals surface area contributed by atoms with Crippen molar-refractivity contribution in [1.29, 1.82) is 0 Å². The van der Waals surface area contributed by atoms with Crippen LogP contribution in [-0.2, 0) is 4.79 Å². The first kappa shape index (κ1) is 15.6. The molecule has 0 unspecified atom stereocenters. The highest BCUT2D eigenvalue weighted by atomic mass is 16.5. The standard InChI is InChI=1S/C18H20N2O2/c1-3-11-22-17-9-7-15(8-10-17)20-18(21)13-19-16-6-4-5-14(2)12-16/h3-10,12,19H,1,11,13H2,2H3,(H,20,21). The van der Waals surface area contributed by atoms with Gasteiger partial charge in [-0.15, -0.1) is 0 Å². The summed E-state index contributed by atoms with van der Waals surface area (Å²) < 4.78 is 5.39. The second-order valence-electron chi connectivity index (χ2n) is 4.90. The van der Waals surface area contributed by atoms with Crippen LogP contribution in [0.5, 0.6) is 5.75 Å². The zero-order chi connectivity index (χ0) is 15.8. The highest BCUT2D eigenvalue weighted by Gasteiger charge is 2.03. The van der Waals surface area contributed by atoms with Crippen LogP contribution in [-0.4, -0.2) is 19.1 Å². The van der Waals surface area contributed by atoms with Crippen molar-refractivity contribution in [2.24, 2.45) is 0 Å². The minimum Gasteiger partial charge on any atom is -0.490 e. The Balaban J connectivity index is 1.82. The molecular weight excluding hydrogens is 276 g/mol. The van der Waals surface area contributed by atoms with E-state index < -0.39 is 0 Å². The Bertz CT molecular complexity index is 636. The fourth-order valence-electron chi connectivity index (χ4n) is 1.93. The Morgan fingerprint density at radius 2 is 1.95 bits per heavy atom. The van der Waals surface area contributed by atoms with E-state index in [0.717, 1.165) is 22.7 Å². The van der Waals surface area contributed by atoms with Crippen molar-refractivity contribution < 1.29 is 9.53 Å². The zero-order valence-corrected chi connectivity index (χ0v) is 12.6. The predicted octanol–water partition coefficient (Wildman–Crippen LogP) is 3.61. The average molecular weight is 296 g/mol. The fraction of sp³-hybridized carbons (Fsp3) is 0.167. The molecule has 2 aromatic rings. The third-order valence-electron chi connectivity index (χ3n) is 2.98. The van der Waals surface area contributed by atoms with Crippen LogP contribution in [0.4, 0.5) is 11.4 Å². The summed E-state index contributed by atoms with van der Waals surface area (Å²) in [5, 5.41) is 5.93. The topological polar surface area (TPSA) is 50.4 Å². The minimum absolute atomic E-state index is 0.0960. The molecule has 0 aromatic heterocycles. The molecule has 114 valence electrons. The Hall–Kier alpha value is -2.75. The van der Waals surface area contributed by atoms with Gasteiger partial charge < -0.3 is 15.4 Å². The molecule has 0 aliphatic carbocycles. The summed E-state index contributed by atoms with van der Waals surface area (Å²) in [5.41, 5.74) is 2.82. The average Bonchev–Trinajstić information content (AvgIpc) is 2.52. The molecule has 0 saturated carbocycles. The number of carbonyl (C=O) groups excluding carboxylic acids is 1. The first-order valence-corrected chi connectivity index (χ1v) is 7.11. The lowest BCUT2D eigenvalue weighted by Crippen LogP contribution is -2.21. The number of amides is 1. The van der Waals surface area contributed by atoms with Gasteiger partial charge in [0.2, 0.25) is 5.91 Å². The molecular formula is C18H20N2O2. The molecule has 0 spiro atoms. The highest BCUT2D eigenvalue weighted by Crippen LogP contribution is 2.15. The molecule has 22 heavy (non-hydrogen) atoms. The van der Waals surface area contributed by atoms with Crippen LogP contribution in [0, 0.1) is 6.92 Å². The van der Waals surface area contributed by atoms with E-state index in [9.17, 15) is 4.79 Å². The third-order valence-corrected chi connectivity index (χ3v) is 2.98. The Labute approximate surface area is 130 Å². The molecule has 0 heterocycles. The van der Waals surface area contributed by atoms with E-state index >= 15 is 0 Å². The van der Waals surface area contributed by atoms with Crippen molar-refractivity contribution in [3.63, 3.8) is 0 Å². The maximum absolute atomic E-state index is 11.9. The summed E-state index contributed by atoms with van der Waals surface area (Å²) in [5.74, 6) is 0.650. The van der Waals surface area contributed by atoms with Crippen molar-refractivity contribution in [2.45, 2.75) is 6.92 Å². The van der Waals surface area contributed by atoms with Crippen molar-refractivity contribution >= 4 is 17.3 Å². The van der Waals surface area contributed by atoms with Crippen LogP contribution < -0.4 is 15.4 Å². The highest BCUT2D eigenvalue weighted by molar-refractivity contribution is 5.93. The molecule has 2 rings (SSSR count). The van der Waals surface area contributed by atoms with Crippen molar-refractivity contribution in [2.75, 3.05) is 23.8 Å². The first-order valence-electron chi connectivity index (χ1n) is 7.11. The van der Waals surface area contributed by atoms with Crippen molar-refractivity contribution in [3.8, 4) is 5.75 Å². The smallest absolute Gasteiger partial charge is 0.243 e. The number of hydrogen-bond acceptors (Lipinski definition) is 3. The SMILES string of the molecule is C=CCOc1ccc(NC(=O)CNc2cccc(C)c2)cc1. The van der Waals surface area contributed by atoms with Crippen molar-refractivity contribution in [3.05, 3.63) is 66.7 Å². The summed E-state index contributed by atoms with van der Waals surface area (Å²) in [4.78, 5) is 11.9. The van der Waals surface area contributed by atoms with Crippen LogP contribution in [0.1, 0.15) is 5.56 Å². The number of hydrogen-bond donors (Lipinski definition) is 2. The number of rotatable bonds is 7. The zero-order valence-electron chi connectivity index (χ0n) is 12.6. The Kier molecular flexibility index (Phi) is 5.60. The summed E-state index contributed by atoms with van der Waals surface area (Å²) in [6, 6.07) is 15.1. The van der Waals surface area contributed by atoms with E-state index in [1.54, 1.807) is 6.08 Å². The molecule has 1 amide bonds. The van der Waals surface area contributed by atoms with E-state index in [4.69, 9.17) is 4.74 Å². The molecule has 0 atom stereocenters. The number of ether oxygens (including phenoxy) is 1. The molecule has 0 aliphatic rings. The molecule has 0 bridgehead atoms. The summed E-state index contributed by atoms with van der Waals surface area (Å²) in [6.07, 6.45) is 1.69. The van der Waals surface area contributed by atoms with Gasteiger partial charge in [0.25, 0.3) is 0 Å². The van der Waals surface area contributed by atoms with E-state index in [-0.39, 0.29) is 12.5 Å². The number of carbonyl (C=O) groups is 1. The van der Waals surface area contributed by atoms with Crippen LogP contribution in [0.3, 0.4) is 0 Å². The van der Waals surface area contributed by atoms with Gasteiger partial charge in [-0.05, 0) is 48.9 Å². The van der Waals surface area contributed by atoms with Gasteiger partial charge in [-0.1, -0.05) is 24.8 Å².